The van der Waals surface area contributed by atoms with Gasteiger partial charge in [-0.3, -0.25) is 14.8 Å². The van der Waals surface area contributed by atoms with Gasteiger partial charge in [-0.25, -0.2) is 18.4 Å². The van der Waals surface area contributed by atoms with Crippen LogP contribution in [0.1, 0.15) is 24.1 Å². The zero-order valence-electron chi connectivity index (χ0n) is 23.1. The Kier molecular flexibility index (Phi) is 9.41. The topological polar surface area (TPSA) is 159 Å². The first-order valence-electron chi connectivity index (χ1n) is 13.3. The minimum Gasteiger partial charge on any atom is -0.478 e. The van der Waals surface area contributed by atoms with E-state index in [-0.39, 0.29) is 23.8 Å². The van der Waals surface area contributed by atoms with Crippen molar-refractivity contribution in [1.82, 2.24) is 25.1 Å². The molecular formula is C27H31N7O6S2. The van der Waals surface area contributed by atoms with E-state index in [0.29, 0.717) is 52.3 Å². The Labute approximate surface area is 246 Å². The van der Waals surface area contributed by atoms with Crippen molar-refractivity contribution in [3.05, 3.63) is 59.9 Å². The van der Waals surface area contributed by atoms with E-state index >= 15 is 0 Å². The van der Waals surface area contributed by atoms with Gasteiger partial charge < -0.3 is 19.6 Å². The van der Waals surface area contributed by atoms with Crippen LogP contribution in [-0.4, -0.2) is 78.4 Å². The molecule has 0 aliphatic carbocycles. The second kappa shape index (κ2) is 13.4. The molecule has 4 heterocycles. The highest BCUT2D eigenvalue weighted by molar-refractivity contribution is 7.92. The SMILES string of the molecule is CNCCCOc1ccc2nc(NC(=O)/C(=N/OCc3ccn(C)n3)c3ccc(S(=O)(=O)[C@H]4CCOC4)cc3)sc2n1. The molecule has 3 aromatic heterocycles. The lowest BCUT2D eigenvalue weighted by molar-refractivity contribution is -0.110. The van der Waals surface area contributed by atoms with E-state index in [1.165, 1.54) is 35.6 Å². The maximum atomic E-state index is 13.4. The average molecular weight is 614 g/mol. The summed E-state index contributed by atoms with van der Waals surface area (Å²) in [5.41, 5.74) is 1.54. The van der Waals surface area contributed by atoms with E-state index in [9.17, 15) is 13.2 Å². The van der Waals surface area contributed by atoms with Gasteiger partial charge in [0.25, 0.3) is 5.91 Å². The van der Waals surface area contributed by atoms with Gasteiger partial charge in [0, 0.05) is 31.5 Å². The molecule has 5 rings (SSSR count). The number of amides is 1. The molecule has 1 aromatic carbocycles. The number of carbonyl (C=O) groups excluding carboxylic acids is 1. The number of pyridine rings is 1. The summed E-state index contributed by atoms with van der Waals surface area (Å²) in [6.07, 6.45) is 3.05. The number of sulfone groups is 1. The third-order valence-electron chi connectivity index (χ3n) is 6.41. The summed E-state index contributed by atoms with van der Waals surface area (Å²) < 4.78 is 38.5. The molecule has 0 bridgehead atoms. The van der Waals surface area contributed by atoms with Gasteiger partial charge in [0.15, 0.2) is 27.3 Å². The second-order valence-corrected chi connectivity index (χ2v) is 12.7. The number of fused-ring (bicyclic) bond motifs is 1. The third-order valence-corrected chi connectivity index (χ3v) is 9.47. The Morgan fingerprint density at radius 3 is 2.74 bits per heavy atom. The van der Waals surface area contributed by atoms with E-state index in [1.54, 1.807) is 36.1 Å². The lowest BCUT2D eigenvalue weighted by atomic mass is 10.1. The van der Waals surface area contributed by atoms with Crippen LogP contribution in [0.15, 0.2) is 58.7 Å². The molecule has 1 atom stereocenters. The number of ether oxygens (including phenoxy) is 2. The minimum atomic E-state index is -3.56. The van der Waals surface area contributed by atoms with Crippen molar-refractivity contribution in [2.45, 2.75) is 29.6 Å². The van der Waals surface area contributed by atoms with Crippen LogP contribution in [0.3, 0.4) is 0 Å². The van der Waals surface area contributed by atoms with E-state index in [1.807, 2.05) is 7.05 Å². The largest absolute Gasteiger partial charge is 0.478 e. The van der Waals surface area contributed by atoms with Crippen LogP contribution in [0.25, 0.3) is 10.3 Å². The van der Waals surface area contributed by atoms with Crippen LogP contribution in [0.2, 0.25) is 0 Å². The Morgan fingerprint density at radius 1 is 1.19 bits per heavy atom. The first-order valence-corrected chi connectivity index (χ1v) is 15.7. The van der Waals surface area contributed by atoms with Crippen molar-refractivity contribution in [1.29, 1.82) is 0 Å². The summed E-state index contributed by atoms with van der Waals surface area (Å²) in [6.45, 7) is 1.98. The Hall–Kier alpha value is -3.92. The van der Waals surface area contributed by atoms with Gasteiger partial charge in [-0.1, -0.05) is 28.6 Å². The van der Waals surface area contributed by atoms with Crippen molar-refractivity contribution in [3.63, 3.8) is 0 Å². The molecule has 13 nitrogen and oxygen atoms in total. The van der Waals surface area contributed by atoms with E-state index in [0.717, 1.165) is 13.0 Å². The molecular weight excluding hydrogens is 582 g/mol. The number of hydrogen-bond acceptors (Lipinski definition) is 12. The number of anilines is 1. The Morgan fingerprint density at radius 2 is 2.02 bits per heavy atom. The fraction of sp³-hybridized carbons (Fsp3) is 0.370. The van der Waals surface area contributed by atoms with Gasteiger partial charge in [-0.2, -0.15) is 5.10 Å². The highest BCUT2D eigenvalue weighted by Gasteiger charge is 2.31. The lowest BCUT2D eigenvalue weighted by Crippen LogP contribution is -2.25. The number of oxime groups is 1. The predicted octanol–water partition coefficient (Wildman–Crippen LogP) is 2.54. The molecule has 0 saturated carbocycles. The number of nitrogens with one attached hydrogen (secondary N) is 2. The Balaban J connectivity index is 1.35. The van der Waals surface area contributed by atoms with Crippen LogP contribution in [0.4, 0.5) is 5.13 Å². The fourth-order valence-corrected chi connectivity index (χ4v) is 6.60. The molecule has 222 valence electrons. The monoisotopic (exact) mass is 613 g/mol. The molecule has 4 aromatic rings. The lowest BCUT2D eigenvalue weighted by Gasteiger charge is -2.11. The number of hydrogen-bond donors (Lipinski definition) is 2. The van der Waals surface area contributed by atoms with E-state index < -0.39 is 21.0 Å². The molecule has 0 radical (unpaired) electrons. The van der Waals surface area contributed by atoms with Crippen molar-refractivity contribution in [2.24, 2.45) is 12.2 Å². The number of aromatic nitrogens is 4. The predicted molar refractivity (Wildman–Crippen MR) is 157 cm³/mol. The highest BCUT2D eigenvalue weighted by atomic mass is 32.2. The quantitative estimate of drug-likeness (QED) is 0.130. The molecule has 0 spiro atoms. The van der Waals surface area contributed by atoms with Crippen LogP contribution in [0.5, 0.6) is 5.88 Å². The fourth-order valence-electron chi connectivity index (χ4n) is 4.20. The number of benzene rings is 1. The number of carbonyl (C=O) groups is 1. The summed E-state index contributed by atoms with van der Waals surface area (Å²) in [4.78, 5) is 28.6. The molecule has 1 aliphatic heterocycles. The molecule has 1 amide bonds. The molecule has 1 fully saturated rings. The highest BCUT2D eigenvalue weighted by Crippen LogP contribution is 2.27. The maximum Gasteiger partial charge on any atom is 0.280 e. The van der Waals surface area contributed by atoms with E-state index in [4.69, 9.17) is 14.3 Å². The van der Waals surface area contributed by atoms with Crippen LogP contribution in [-0.2, 0) is 37.9 Å². The molecule has 0 unspecified atom stereocenters. The molecule has 1 saturated heterocycles. The van der Waals surface area contributed by atoms with Gasteiger partial charge in [-0.15, -0.1) is 0 Å². The zero-order valence-corrected chi connectivity index (χ0v) is 24.8. The second-order valence-electron chi connectivity index (χ2n) is 9.50. The number of nitrogens with zero attached hydrogens (tertiary/aromatic N) is 5. The van der Waals surface area contributed by atoms with Gasteiger partial charge in [-0.05, 0) is 50.7 Å². The van der Waals surface area contributed by atoms with Gasteiger partial charge in [0.05, 0.1) is 23.4 Å². The normalized spacial score (nSPS) is 15.7. The standard InChI is InChI=1S/C27H31N7O6S2/c1-28-12-3-14-39-23-9-8-22-26(30-23)41-27(29-22)31-25(35)24(33-40-16-19-10-13-34(2)32-19)18-4-6-20(7-5-18)42(36,37)21-11-15-38-17-21/h4-10,13,21,28H,3,11-12,14-17H2,1-2H3,(H,29,31,35)/b33-24+/t21-/m0/s1. The van der Waals surface area contributed by atoms with Gasteiger partial charge in [0.1, 0.15) is 16.0 Å². The summed E-state index contributed by atoms with van der Waals surface area (Å²) >= 11 is 1.19. The minimum absolute atomic E-state index is 0.0356. The number of aryl methyl sites for hydroxylation is 1. The Bertz CT molecular complexity index is 1660. The average Bonchev–Trinajstić information content (AvgIpc) is 3.75. The number of rotatable bonds is 13. The molecule has 15 heteroatoms. The first kappa shape index (κ1) is 29.6. The van der Waals surface area contributed by atoms with E-state index in [2.05, 4.69) is 30.9 Å². The van der Waals surface area contributed by atoms with Crippen LogP contribution < -0.4 is 15.4 Å². The van der Waals surface area contributed by atoms with Crippen molar-refractivity contribution in [2.75, 3.05) is 38.7 Å². The maximum absolute atomic E-state index is 13.4. The molecule has 2 N–H and O–H groups in total. The molecule has 1 aliphatic rings. The van der Waals surface area contributed by atoms with Gasteiger partial charge >= 0.3 is 0 Å². The smallest absolute Gasteiger partial charge is 0.280 e. The van der Waals surface area contributed by atoms with Crippen LogP contribution >= 0.6 is 11.3 Å². The summed E-state index contributed by atoms with van der Waals surface area (Å²) in [5.74, 6) is -0.108. The summed E-state index contributed by atoms with van der Waals surface area (Å²) in [5, 5.41) is 13.9. The van der Waals surface area contributed by atoms with Gasteiger partial charge in [0.2, 0.25) is 5.88 Å². The summed E-state index contributed by atoms with van der Waals surface area (Å²) in [6, 6.07) is 11.3. The van der Waals surface area contributed by atoms with Crippen molar-refractivity contribution >= 4 is 48.3 Å². The third kappa shape index (κ3) is 7.10. The number of thiazole rings is 1. The zero-order chi connectivity index (χ0) is 29.5. The summed E-state index contributed by atoms with van der Waals surface area (Å²) in [7, 11) is 0.100. The first-order chi connectivity index (χ1) is 20.3. The van der Waals surface area contributed by atoms with Crippen molar-refractivity contribution in [3.8, 4) is 5.88 Å². The van der Waals surface area contributed by atoms with Crippen molar-refractivity contribution < 1.29 is 27.5 Å². The van der Waals surface area contributed by atoms with Crippen LogP contribution in [0, 0.1) is 0 Å². The molecule has 42 heavy (non-hydrogen) atoms.